The fraction of sp³-hybridized carbons (Fsp3) is 0.438. The number of hydrogen-bond donors (Lipinski definition) is 1. The van der Waals surface area contributed by atoms with Gasteiger partial charge in [0.1, 0.15) is 0 Å². The molecule has 0 aromatic carbocycles. The Morgan fingerprint density at radius 1 is 1.33 bits per heavy atom. The third-order valence-electron chi connectivity index (χ3n) is 3.22. The van der Waals surface area contributed by atoms with Crippen molar-refractivity contribution in [3.63, 3.8) is 0 Å². The fourth-order valence-electron chi connectivity index (χ4n) is 2.08. The molecular formula is C16H22N2O3. The normalized spacial score (nSPS) is 12.6. The number of nitrogens with zero attached hydrogens (tertiary/aromatic N) is 2. The zero-order chi connectivity index (χ0) is 16.0. The highest BCUT2D eigenvalue weighted by molar-refractivity contribution is 5.94. The highest BCUT2D eigenvalue weighted by atomic mass is 16.4. The van der Waals surface area contributed by atoms with Gasteiger partial charge >= 0.3 is 5.97 Å². The first-order valence-electron chi connectivity index (χ1n) is 6.94. The van der Waals surface area contributed by atoms with E-state index in [4.69, 9.17) is 5.11 Å². The van der Waals surface area contributed by atoms with Gasteiger partial charge in [0, 0.05) is 31.6 Å². The lowest BCUT2D eigenvalue weighted by molar-refractivity contribution is -0.131. The first-order chi connectivity index (χ1) is 9.81. The van der Waals surface area contributed by atoms with E-state index >= 15 is 0 Å². The van der Waals surface area contributed by atoms with Gasteiger partial charge in [-0.2, -0.15) is 0 Å². The van der Waals surface area contributed by atoms with Gasteiger partial charge in [-0.3, -0.25) is 9.78 Å². The van der Waals surface area contributed by atoms with Crippen molar-refractivity contribution < 1.29 is 14.7 Å². The summed E-state index contributed by atoms with van der Waals surface area (Å²) >= 11 is 0. The molecule has 0 saturated carbocycles. The van der Waals surface area contributed by atoms with E-state index in [0.717, 1.165) is 12.5 Å². The summed E-state index contributed by atoms with van der Waals surface area (Å²) in [5, 5.41) is 8.62. The standard InChI is InChI=1S/C16H22N2O3/c1-11(2)7-12(3)18(4)16(21)14-8-13(9-17-10-14)5-6-15(19)20/h5-6,8-12H,7H2,1-4H3,(H,19,20). The van der Waals surface area contributed by atoms with Crippen LogP contribution in [-0.4, -0.2) is 40.0 Å². The molecule has 0 aliphatic carbocycles. The third-order valence-corrected chi connectivity index (χ3v) is 3.22. The highest BCUT2D eigenvalue weighted by Crippen LogP contribution is 2.14. The number of carbonyl (C=O) groups is 2. The number of carboxylic acids is 1. The molecule has 114 valence electrons. The average Bonchev–Trinajstić information content (AvgIpc) is 2.43. The molecule has 1 aromatic rings. The van der Waals surface area contributed by atoms with Gasteiger partial charge in [-0.15, -0.1) is 0 Å². The van der Waals surface area contributed by atoms with E-state index in [1.54, 1.807) is 18.0 Å². The molecule has 0 aliphatic heterocycles. The number of carboxylic acid groups (broad SMARTS) is 1. The van der Waals surface area contributed by atoms with E-state index < -0.39 is 5.97 Å². The van der Waals surface area contributed by atoms with E-state index in [1.807, 2.05) is 6.92 Å². The van der Waals surface area contributed by atoms with Crippen molar-refractivity contribution >= 4 is 18.0 Å². The summed E-state index contributed by atoms with van der Waals surface area (Å²) in [7, 11) is 1.77. The van der Waals surface area contributed by atoms with E-state index in [1.165, 1.54) is 18.5 Å². The number of aliphatic carboxylic acids is 1. The minimum atomic E-state index is -1.03. The molecule has 21 heavy (non-hydrogen) atoms. The van der Waals surface area contributed by atoms with Crippen molar-refractivity contribution in [2.24, 2.45) is 5.92 Å². The zero-order valence-corrected chi connectivity index (χ0v) is 12.9. The Morgan fingerprint density at radius 3 is 2.57 bits per heavy atom. The summed E-state index contributed by atoms with van der Waals surface area (Å²) in [6.07, 6.45) is 6.39. The lowest BCUT2D eigenvalue weighted by Crippen LogP contribution is -2.36. The molecule has 0 fully saturated rings. The van der Waals surface area contributed by atoms with E-state index in [0.29, 0.717) is 17.0 Å². The predicted molar refractivity (Wildman–Crippen MR) is 81.9 cm³/mol. The molecular weight excluding hydrogens is 268 g/mol. The first-order valence-corrected chi connectivity index (χ1v) is 6.94. The summed E-state index contributed by atoms with van der Waals surface area (Å²) in [5.74, 6) is -0.631. The van der Waals surface area contributed by atoms with Crippen LogP contribution in [0.15, 0.2) is 24.5 Å². The minimum Gasteiger partial charge on any atom is -0.478 e. The van der Waals surface area contributed by atoms with Crippen molar-refractivity contribution in [1.29, 1.82) is 0 Å². The maximum absolute atomic E-state index is 12.4. The van der Waals surface area contributed by atoms with Gasteiger partial charge in [0.05, 0.1) is 5.56 Å². The summed E-state index contributed by atoms with van der Waals surface area (Å²) in [6.45, 7) is 6.25. The lowest BCUT2D eigenvalue weighted by atomic mass is 10.0. The van der Waals surface area contributed by atoms with Gasteiger partial charge < -0.3 is 10.0 Å². The second kappa shape index (κ2) is 7.57. The smallest absolute Gasteiger partial charge is 0.328 e. The third kappa shape index (κ3) is 5.38. The van der Waals surface area contributed by atoms with Gasteiger partial charge in [-0.25, -0.2) is 4.79 Å². The molecule has 1 unspecified atom stereocenters. The monoisotopic (exact) mass is 290 g/mol. The summed E-state index contributed by atoms with van der Waals surface area (Å²) < 4.78 is 0. The number of carbonyl (C=O) groups excluding carboxylic acids is 1. The van der Waals surface area contributed by atoms with Crippen molar-refractivity contribution in [1.82, 2.24) is 9.88 Å². The Bertz CT molecular complexity index is 538. The van der Waals surface area contributed by atoms with Gasteiger partial charge in [-0.05, 0) is 37.0 Å². The van der Waals surface area contributed by atoms with E-state index in [9.17, 15) is 9.59 Å². The minimum absolute atomic E-state index is 0.110. The zero-order valence-electron chi connectivity index (χ0n) is 12.9. The summed E-state index contributed by atoms with van der Waals surface area (Å²) in [5.41, 5.74) is 1.05. The van der Waals surface area contributed by atoms with Crippen LogP contribution in [0.25, 0.3) is 6.08 Å². The van der Waals surface area contributed by atoms with Crippen LogP contribution in [0.3, 0.4) is 0 Å². The van der Waals surface area contributed by atoms with Gasteiger partial charge in [0.25, 0.3) is 5.91 Å². The maximum Gasteiger partial charge on any atom is 0.328 e. The predicted octanol–water partition coefficient (Wildman–Crippen LogP) is 2.69. The molecule has 1 aromatic heterocycles. The van der Waals surface area contributed by atoms with Gasteiger partial charge in [0.2, 0.25) is 0 Å². The number of amides is 1. The van der Waals surface area contributed by atoms with Gasteiger partial charge in [-0.1, -0.05) is 13.8 Å². The van der Waals surface area contributed by atoms with Crippen LogP contribution >= 0.6 is 0 Å². The van der Waals surface area contributed by atoms with Crippen LogP contribution < -0.4 is 0 Å². The number of hydrogen-bond acceptors (Lipinski definition) is 3. The second-order valence-corrected chi connectivity index (χ2v) is 5.57. The molecule has 0 spiro atoms. The Hall–Kier alpha value is -2.17. The Morgan fingerprint density at radius 2 is 2.00 bits per heavy atom. The average molecular weight is 290 g/mol. The van der Waals surface area contributed by atoms with Crippen molar-refractivity contribution in [2.75, 3.05) is 7.05 Å². The second-order valence-electron chi connectivity index (χ2n) is 5.57. The van der Waals surface area contributed by atoms with E-state index in [2.05, 4.69) is 18.8 Å². The quantitative estimate of drug-likeness (QED) is 0.818. The summed E-state index contributed by atoms with van der Waals surface area (Å²) in [4.78, 5) is 28.6. The first kappa shape index (κ1) is 16.9. The molecule has 1 atom stereocenters. The van der Waals surface area contributed by atoms with Crippen molar-refractivity contribution in [3.8, 4) is 0 Å². The number of rotatable bonds is 6. The van der Waals surface area contributed by atoms with Crippen LogP contribution in [0.2, 0.25) is 0 Å². The molecule has 0 aliphatic rings. The molecule has 1 rings (SSSR count). The summed E-state index contributed by atoms with van der Waals surface area (Å²) in [6, 6.07) is 1.78. The molecule has 1 N–H and O–H groups in total. The molecule has 5 heteroatoms. The Balaban J connectivity index is 2.87. The maximum atomic E-state index is 12.4. The van der Waals surface area contributed by atoms with E-state index in [-0.39, 0.29) is 11.9 Å². The highest BCUT2D eigenvalue weighted by Gasteiger charge is 2.18. The van der Waals surface area contributed by atoms with Crippen LogP contribution in [0, 0.1) is 5.92 Å². The Labute approximate surface area is 125 Å². The molecule has 1 heterocycles. The lowest BCUT2D eigenvalue weighted by Gasteiger charge is -2.26. The van der Waals surface area contributed by atoms with Crippen LogP contribution in [-0.2, 0) is 4.79 Å². The van der Waals surface area contributed by atoms with Crippen LogP contribution in [0.4, 0.5) is 0 Å². The van der Waals surface area contributed by atoms with Crippen LogP contribution in [0.1, 0.15) is 43.1 Å². The number of aromatic nitrogens is 1. The van der Waals surface area contributed by atoms with Crippen LogP contribution in [0.5, 0.6) is 0 Å². The number of pyridine rings is 1. The van der Waals surface area contributed by atoms with Gasteiger partial charge in [0.15, 0.2) is 0 Å². The molecule has 0 bridgehead atoms. The fourth-order valence-corrected chi connectivity index (χ4v) is 2.08. The topological polar surface area (TPSA) is 70.5 Å². The Kier molecular flexibility index (Phi) is 6.09. The largest absolute Gasteiger partial charge is 0.478 e. The van der Waals surface area contributed by atoms with Crippen molar-refractivity contribution in [3.05, 3.63) is 35.7 Å². The molecule has 1 amide bonds. The SMILES string of the molecule is CC(C)CC(C)N(C)C(=O)c1cncc(C=CC(=O)O)c1. The molecule has 0 saturated heterocycles. The molecule has 5 nitrogen and oxygen atoms in total. The van der Waals surface area contributed by atoms with Crippen molar-refractivity contribution in [2.45, 2.75) is 33.2 Å². The molecule has 0 radical (unpaired) electrons.